The van der Waals surface area contributed by atoms with Crippen molar-refractivity contribution in [2.24, 2.45) is 5.92 Å². The van der Waals surface area contributed by atoms with E-state index in [1.54, 1.807) is 0 Å². The smallest absolute Gasteiger partial charge is 0.127 e. The van der Waals surface area contributed by atoms with Crippen molar-refractivity contribution in [1.29, 1.82) is 0 Å². The first kappa shape index (κ1) is 24.1. The second-order valence-corrected chi connectivity index (χ2v) is 8.79. The molecule has 0 radical (unpaired) electrons. The number of benzene rings is 2. The Hall–Kier alpha value is -1.22. The van der Waals surface area contributed by atoms with Gasteiger partial charge in [-0.2, -0.15) is 0 Å². The predicted octanol–water partition coefficient (Wildman–Crippen LogP) is 8.55. The third kappa shape index (κ3) is 8.58. The molecule has 0 N–H and O–H groups in total. The molecule has 0 spiro atoms. The maximum absolute atomic E-state index is 6.26. The minimum absolute atomic E-state index is 0.638. The van der Waals surface area contributed by atoms with E-state index in [1.165, 1.54) is 57.8 Å². The van der Waals surface area contributed by atoms with Crippen molar-refractivity contribution >= 4 is 26.7 Å². The van der Waals surface area contributed by atoms with Crippen LogP contribution in [-0.2, 0) is 0 Å². The van der Waals surface area contributed by atoms with Crippen LogP contribution in [0.2, 0.25) is 0 Å². The fourth-order valence-corrected chi connectivity index (χ4v) is 4.08. The van der Waals surface area contributed by atoms with Gasteiger partial charge < -0.3 is 9.47 Å². The van der Waals surface area contributed by atoms with Gasteiger partial charge in [0.2, 0.25) is 0 Å². The van der Waals surface area contributed by atoms with Crippen molar-refractivity contribution in [2.45, 2.75) is 78.1 Å². The molecule has 2 aromatic rings. The standard InChI is InChI=1S/C26H39BrO2/c1-3-5-14-22(4-2)21-29-26-18-17-25(23-15-10-11-16-24(23)26)28-20-13-9-7-6-8-12-19-27/h10-11,15-18,22H,3-9,12-14,19-21H2,1-2H3. The summed E-state index contributed by atoms with van der Waals surface area (Å²) in [5, 5.41) is 3.44. The summed E-state index contributed by atoms with van der Waals surface area (Å²) in [6.45, 7) is 6.11. The van der Waals surface area contributed by atoms with Gasteiger partial charge in [-0.25, -0.2) is 0 Å². The Bertz CT molecular complexity index is 685. The summed E-state index contributed by atoms with van der Waals surface area (Å²) in [5.41, 5.74) is 0. The van der Waals surface area contributed by atoms with Crippen LogP contribution in [0.5, 0.6) is 11.5 Å². The number of rotatable bonds is 16. The van der Waals surface area contributed by atoms with Gasteiger partial charge in [0.05, 0.1) is 13.2 Å². The lowest BCUT2D eigenvalue weighted by Gasteiger charge is -2.18. The SMILES string of the molecule is CCCCC(CC)COc1ccc(OCCCCCCCCBr)c2ccccc12. The van der Waals surface area contributed by atoms with E-state index in [0.717, 1.165) is 47.2 Å². The summed E-state index contributed by atoms with van der Waals surface area (Å²) in [5.74, 6) is 2.60. The van der Waals surface area contributed by atoms with E-state index < -0.39 is 0 Å². The molecule has 0 amide bonds. The van der Waals surface area contributed by atoms with Crippen LogP contribution in [0.1, 0.15) is 78.1 Å². The van der Waals surface area contributed by atoms with Gasteiger partial charge in [-0.3, -0.25) is 0 Å². The van der Waals surface area contributed by atoms with Crippen LogP contribution in [-0.4, -0.2) is 18.5 Å². The molecule has 0 saturated carbocycles. The van der Waals surface area contributed by atoms with Crippen molar-refractivity contribution in [3.05, 3.63) is 36.4 Å². The van der Waals surface area contributed by atoms with Gasteiger partial charge in [-0.05, 0) is 37.3 Å². The van der Waals surface area contributed by atoms with Crippen molar-refractivity contribution in [3.8, 4) is 11.5 Å². The molecule has 0 saturated heterocycles. The number of hydrogen-bond acceptors (Lipinski definition) is 2. The van der Waals surface area contributed by atoms with Crippen LogP contribution >= 0.6 is 15.9 Å². The van der Waals surface area contributed by atoms with Crippen LogP contribution in [0.15, 0.2) is 36.4 Å². The highest BCUT2D eigenvalue weighted by molar-refractivity contribution is 9.09. The fourth-order valence-electron chi connectivity index (χ4n) is 3.69. The Kier molecular flexibility index (Phi) is 12.2. The number of alkyl halides is 1. The molecule has 0 aliphatic rings. The molecule has 0 aliphatic carbocycles. The molecule has 0 heterocycles. The van der Waals surface area contributed by atoms with Crippen LogP contribution in [0.4, 0.5) is 0 Å². The number of unbranched alkanes of at least 4 members (excludes halogenated alkanes) is 6. The van der Waals surface area contributed by atoms with Gasteiger partial charge >= 0.3 is 0 Å². The molecule has 29 heavy (non-hydrogen) atoms. The summed E-state index contributed by atoms with van der Waals surface area (Å²) in [6.07, 6.45) is 12.6. The molecule has 0 aliphatic heterocycles. The van der Waals surface area contributed by atoms with E-state index in [-0.39, 0.29) is 0 Å². The van der Waals surface area contributed by atoms with Crippen LogP contribution in [0, 0.1) is 5.92 Å². The summed E-state index contributed by atoms with van der Waals surface area (Å²) < 4.78 is 12.4. The highest BCUT2D eigenvalue weighted by Gasteiger charge is 2.11. The highest BCUT2D eigenvalue weighted by atomic mass is 79.9. The summed E-state index contributed by atoms with van der Waals surface area (Å²) in [7, 11) is 0. The summed E-state index contributed by atoms with van der Waals surface area (Å²) >= 11 is 3.50. The first-order valence-electron chi connectivity index (χ1n) is 11.6. The highest BCUT2D eigenvalue weighted by Crippen LogP contribution is 2.33. The maximum Gasteiger partial charge on any atom is 0.127 e. The van der Waals surface area contributed by atoms with Gasteiger partial charge in [0.25, 0.3) is 0 Å². The van der Waals surface area contributed by atoms with Crippen LogP contribution in [0.3, 0.4) is 0 Å². The zero-order chi connectivity index (χ0) is 20.7. The summed E-state index contributed by atoms with van der Waals surface area (Å²) in [4.78, 5) is 0. The number of fused-ring (bicyclic) bond motifs is 1. The molecule has 3 heteroatoms. The zero-order valence-corrected chi connectivity index (χ0v) is 20.0. The van der Waals surface area contributed by atoms with Crippen LogP contribution < -0.4 is 9.47 Å². The Morgan fingerprint density at radius 1 is 0.759 bits per heavy atom. The number of ether oxygens (including phenoxy) is 2. The Morgan fingerprint density at radius 2 is 1.38 bits per heavy atom. The molecular formula is C26H39BrO2. The van der Waals surface area contributed by atoms with E-state index in [0.29, 0.717) is 5.92 Å². The lowest BCUT2D eigenvalue weighted by Crippen LogP contribution is -2.11. The van der Waals surface area contributed by atoms with Crippen molar-refractivity contribution < 1.29 is 9.47 Å². The molecular weight excluding hydrogens is 424 g/mol. The van der Waals surface area contributed by atoms with Crippen molar-refractivity contribution in [1.82, 2.24) is 0 Å². The quantitative estimate of drug-likeness (QED) is 0.183. The fraction of sp³-hybridized carbons (Fsp3) is 0.615. The average molecular weight is 464 g/mol. The van der Waals surface area contributed by atoms with Crippen molar-refractivity contribution in [2.75, 3.05) is 18.5 Å². The largest absolute Gasteiger partial charge is 0.493 e. The second-order valence-electron chi connectivity index (χ2n) is 7.99. The van der Waals surface area contributed by atoms with Gasteiger partial charge in [0, 0.05) is 16.1 Å². The van der Waals surface area contributed by atoms with E-state index >= 15 is 0 Å². The number of halogens is 1. The monoisotopic (exact) mass is 462 g/mol. The molecule has 2 nitrogen and oxygen atoms in total. The minimum Gasteiger partial charge on any atom is -0.493 e. The Balaban J connectivity index is 1.89. The molecule has 162 valence electrons. The Labute approximate surface area is 186 Å². The molecule has 2 aromatic carbocycles. The lowest BCUT2D eigenvalue weighted by molar-refractivity contribution is 0.235. The number of hydrogen-bond donors (Lipinski definition) is 0. The third-order valence-electron chi connectivity index (χ3n) is 5.65. The molecule has 1 unspecified atom stereocenters. The predicted molar refractivity (Wildman–Crippen MR) is 130 cm³/mol. The van der Waals surface area contributed by atoms with Gasteiger partial charge in [-0.1, -0.05) is 99.0 Å². The minimum atomic E-state index is 0.638. The van der Waals surface area contributed by atoms with Gasteiger partial charge in [0.1, 0.15) is 11.5 Å². The van der Waals surface area contributed by atoms with Gasteiger partial charge in [0.15, 0.2) is 0 Å². The third-order valence-corrected chi connectivity index (χ3v) is 6.21. The normalized spacial score (nSPS) is 12.2. The van der Waals surface area contributed by atoms with Gasteiger partial charge in [-0.15, -0.1) is 0 Å². The maximum atomic E-state index is 6.26. The van der Waals surface area contributed by atoms with E-state index in [9.17, 15) is 0 Å². The molecule has 0 fully saturated rings. The van der Waals surface area contributed by atoms with E-state index in [4.69, 9.17) is 9.47 Å². The first-order chi connectivity index (χ1) is 14.3. The molecule has 1 atom stereocenters. The van der Waals surface area contributed by atoms with E-state index in [2.05, 4.69) is 66.2 Å². The van der Waals surface area contributed by atoms with Crippen LogP contribution in [0.25, 0.3) is 10.8 Å². The average Bonchev–Trinajstić information content (AvgIpc) is 2.76. The van der Waals surface area contributed by atoms with E-state index in [1.807, 2.05) is 0 Å². The lowest BCUT2D eigenvalue weighted by atomic mass is 10.0. The molecule has 0 bridgehead atoms. The zero-order valence-electron chi connectivity index (χ0n) is 18.4. The molecule has 2 rings (SSSR count). The Morgan fingerprint density at radius 3 is 2.00 bits per heavy atom. The van der Waals surface area contributed by atoms with Crippen molar-refractivity contribution in [3.63, 3.8) is 0 Å². The second kappa shape index (κ2) is 14.7. The summed E-state index contributed by atoms with van der Waals surface area (Å²) in [6, 6.07) is 12.6. The molecule has 0 aromatic heterocycles. The first-order valence-corrected chi connectivity index (χ1v) is 12.8. The topological polar surface area (TPSA) is 18.5 Å².